The number of carbonyl (C=O) groups excluding carboxylic acids is 2. The van der Waals surface area contributed by atoms with Crippen LogP contribution in [-0.2, 0) is 22.7 Å². The van der Waals surface area contributed by atoms with Crippen molar-refractivity contribution in [3.63, 3.8) is 0 Å². The van der Waals surface area contributed by atoms with Crippen LogP contribution in [0.5, 0.6) is 0 Å². The molecule has 2 amide bonds. The van der Waals surface area contributed by atoms with Crippen molar-refractivity contribution in [2.24, 2.45) is 0 Å². The van der Waals surface area contributed by atoms with E-state index in [1.807, 2.05) is 0 Å². The Morgan fingerprint density at radius 2 is 1.67 bits per heavy atom. The average Bonchev–Trinajstić information content (AvgIpc) is 2.42. The predicted octanol–water partition coefficient (Wildman–Crippen LogP) is 0.794. The van der Waals surface area contributed by atoms with Gasteiger partial charge in [-0.15, -0.1) is 0 Å². The largest absolute Gasteiger partial charge is 0.445 e. The number of nitrogens with one attached hydrogen (secondary N) is 2. The van der Waals surface area contributed by atoms with Gasteiger partial charge in [-0.1, -0.05) is 0 Å². The molecule has 0 aromatic carbocycles. The first kappa shape index (κ1) is 13.8. The van der Waals surface area contributed by atoms with E-state index in [1.165, 1.54) is 14.1 Å². The van der Waals surface area contributed by atoms with Gasteiger partial charge in [0.05, 0.1) is 0 Å². The topological polar surface area (TPSA) is 89.6 Å². The maximum Gasteiger partial charge on any atom is 0.407 e. The number of ether oxygens (including phenoxy) is 2. The zero-order chi connectivity index (χ0) is 13.4. The Morgan fingerprint density at radius 3 is 2.22 bits per heavy atom. The van der Waals surface area contributed by atoms with Crippen molar-refractivity contribution >= 4 is 12.2 Å². The third kappa shape index (κ3) is 4.28. The standard InChI is InChI=1S/C11H15N3O4/c1-12-10(15)17-6-8-3-4-14-5-9(8)7-18-11(16)13-2/h3-5H,6-7H2,1-2H3,(H,12,15)(H,13,16). The van der Waals surface area contributed by atoms with Crippen molar-refractivity contribution in [2.75, 3.05) is 14.1 Å². The number of alkyl carbamates (subject to hydrolysis) is 2. The second-order valence-corrected chi connectivity index (χ2v) is 3.30. The molecule has 7 nitrogen and oxygen atoms in total. The van der Waals surface area contributed by atoms with Gasteiger partial charge < -0.3 is 20.1 Å². The van der Waals surface area contributed by atoms with Crippen LogP contribution >= 0.6 is 0 Å². The van der Waals surface area contributed by atoms with Crippen LogP contribution in [0.4, 0.5) is 9.59 Å². The van der Waals surface area contributed by atoms with E-state index < -0.39 is 12.2 Å². The Balaban J connectivity index is 2.61. The zero-order valence-electron chi connectivity index (χ0n) is 10.2. The number of hydrogen-bond acceptors (Lipinski definition) is 5. The first-order valence-electron chi connectivity index (χ1n) is 5.28. The maximum absolute atomic E-state index is 11.0. The quantitative estimate of drug-likeness (QED) is 0.828. The number of carbonyl (C=O) groups is 2. The van der Waals surface area contributed by atoms with Crippen molar-refractivity contribution in [3.8, 4) is 0 Å². The second-order valence-electron chi connectivity index (χ2n) is 3.30. The molecule has 0 aliphatic carbocycles. The molecule has 1 heterocycles. The lowest BCUT2D eigenvalue weighted by Crippen LogP contribution is -2.20. The molecule has 0 unspecified atom stereocenters. The molecule has 98 valence electrons. The fourth-order valence-electron chi connectivity index (χ4n) is 1.16. The van der Waals surface area contributed by atoms with Crippen LogP contribution in [0.3, 0.4) is 0 Å². The van der Waals surface area contributed by atoms with Gasteiger partial charge in [0.1, 0.15) is 13.2 Å². The third-order valence-corrected chi connectivity index (χ3v) is 2.13. The minimum Gasteiger partial charge on any atom is -0.445 e. The van der Waals surface area contributed by atoms with E-state index in [2.05, 4.69) is 15.6 Å². The predicted molar refractivity (Wildman–Crippen MR) is 62.7 cm³/mol. The number of rotatable bonds is 4. The minimum atomic E-state index is -0.531. The number of hydrogen-bond donors (Lipinski definition) is 2. The summed E-state index contributed by atoms with van der Waals surface area (Å²) in [6, 6.07) is 1.70. The highest BCUT2D eigenvalue weighted by Gasteiger charge is 2.07. The van der Waals surface area contributed by atoms with E-state index in [0.717, 1.165) is 5.56 Å². The number of pyridine rings is 1. The molecule has 0 saturated heterocycles. The van der Waals surface area contributed by atoms with Crippen LogP contribution in [0, 0.1) is 0 Å². The summed E-state index contributed by atoms with van der Waals surface area (Å²) in [7, 11) is 2.95. The van der Waals surface area contributed by atoms with Gasteiger partial charge in [-0.2, -0.15) is 0 Å². The summed E-state index contributed by atoms with van der Waals surface area (Å²) in [5.41, 5.74) is 1.42. The Bertz CT molecular complexity index is 384. The number of nitrogens with zero attached hydrogens (tertiary/aromatic N) is 1. The lowest BCUT2D eigenvalue weighted by atomic mass is 10.1. The molecule has 0 atom stereocenters. The molecule has 0 aliphatic heterocycles. The van der Waals surface area contributed by atoms with Crippen LogP contribution in [0.15, 0.2) is 18.5 Å². The fraction of sp³-hybridized carbons (Fsp3) is 0.364. The second kappa shape index (κ2) is 7.10. The number of aromatic nitrogens is 1. The summed E-state index contributed by atoms with van der Waals surface area (Å²) < 4.78 is 9.82. The average molecular weight is 253 g/mol. The van der Waals surface area contributed by atoms with Gasteiger partial charge in [-0.3, -0.25) is 4.98 Å². The van der Waals surface area contributed by atoms with Crippen molar-refractivity contribution in [1.82, 2.24) is 15.6 Å². The first-order chi connectivity index (χ1) is 8.67. The Kier molecular flexibility index (Phi) is 5.43. The molecule has 0 spiro atoms. The molecule has 0 saturated carbocycles. The van der Waals surface area contributed by atoms with E-state index >= 15 is 0 Å². The van der Waals surface area contributed by atoms with E-state index in [4.69, 9.17) is 9.47 Å². The highest BCUT2D eigenvalue weighted by Crippen LogP contribution is 2.10. The van der Waals surface area contributed by atoms with E-state index in [1.54, 1.807) is 18.5 Å². The summed E-state index contributed by atoms with van der Waals surface area (Å²) in [5, 5.41) is 4.68. The van der Waals surface area contributed by atoms with Gasteiger partial charge in [0.25, 0.3) is 0 Å². The van der Waals surface area contributed by atoms with Crippen molar-refractivity contribution in [1.29, 1.82) is 0 Å². The smallest absolute Gasteiger partial charge is 0.407 e. The highest BCUT2D eigenvalue weighted by molar-refractivity contribution is 5.67. The molecular weight excluding hydrogens is 238 g/mol. The summed E-state index contributed by atoms with van der Waals surface area (Å²) in [6.07, 6.45) is 2.08. The van der Waals surface area contributed by atoms with E-state index in [0.29, 0.717) is 5.56 Å². The SMILES string of the molecule is CNC(=O)OCc1ccncc1COC(=O)NC. The van der Waals surface area contributed by atoms with Crippen LogP contribution in [-0.4, -0.2) is 31.3 Å². The molecule has 0 bridgehead atoms. The van der Waals surface area contributed by atoms with Crippen molar-refractivity contribution < 1.29 is 19.1 Å². The Hall–Kier alpha value is -2.31. The van der Waals surface area contributed by atoms with E-state index in [9.17, 15) is 9.59 Å². The molecular formula is C11H15N3O4. The molecule has 7 heteroatoms. The Labute approximate surface area is 104 Å². The molecule has 1 aromatic rings. The summed E-state index contributed by atoms with van der Waals surface area (Å²) in [4.78, 5) is 25.9. The van der Waals surface area contributed by atoms with Gasteiger partial charge in [0.2, 0.25) is 0 Å². The van der Waals surface area contributed by atoms with E-state index in [-0.39, 0.29) is 13.2 Å². The maximum atomic E-state index is 11.0. The minimum absolute atomic E-state index is 0.0694. The molecule has 2 N–H and O–H groups in total. The number of amides is 2. The van der Waals surface area contributed by atoms with Crippen LogP contribution in [0.2, 0.25) is 0 Å². The normalized spacial score (nSPS) is 9.44. The lowest BCUT2D eigenvalue weighted by molar-refractivity contribution is 0.134. The van der Waals surface area contributed by atoms with Crippen molar-refractivity contribution in [3.05, 3.63) is 29.6 Å². The molecule has 0 fully saturated rings. The summed E-state index contributed by atoms with van der Waals surface area (Å²) in [6.45, 7) is 0.161. The molecule has 18 heavy (non-hydrogen) atoms. The Morgan fingerprint density at radius 1 is 1.11 bits per heavy atom. The lowest BCUT2D eigenvalue weighted by Gasteiger charge is -2.09. The van der Waals surface area contributed by atoms with Crippen LogP contribution in [0.25, 0.3) is 0 Å². The van der Waals surface area contributed by atoms with Crippen molar-refractivity contribution in [2.45, 2.75) is 13.2 Å². The zero-order valence-corrected chi connectivity index (χ0v) is 10.2. The highest BCUT2D eigenvalue weighted by atomic mass is 16.6. The third-order valence-electron chi connectivity index (χ3n) is 2.13. The first-order valence-corrected chi connectivity index (χ1v) is 5.28. The molecule has 0 radical (unpaired) electrons. The van der Waals surface area contributed by atoms with Gasteiger partial charge in [0, 0.05) is 32.1 Å². The van der Waals surface area contributed by atoms with Crippen LogP contribution in [0.1, 0.15) is 11.1 Å². The molecule has 1 aromatic heterocycles. The molecule has 1 rings (SSSR count). The monoisotopic (exact) mass is 253 g/mol. The van der Waals surface area contributed by atoms with Gasteiger partial charge in [0.15, 0.2) is 0 Å². The van der Waals surface area contributed by atoms with Gasteiger partial charge >= 0.3 is 12.2 Å². The molecule has 0 aliphatic rings. The summed E-state index contributed by atoms with van der Waals surface area (Å²) >= 11 is 0. The van der Waals surface area contributed by atoms with Gasteiger partial charge in [-0.25, -0.2) is 9.59 Å². The van der Waals surface area contributed by atoms with Crippen LogP contribution < -0.4 is 10.6 Å². The van der Waals surface area contributed by atoms with Gasteiger partial charge in [-0.05, 0) is 11.6 Å². The summed E-state index contributed by atoms with van der Waals surface area (Å²) in [5.74, 6) is 0. The fourth-order valence-corrected chi connectivity index (χ4v) is 1.16.